The van der Waals surface area contributed by atoms with E-state index in [1.807, 2.05) is 4.90 Å². The first-order chi connectivity index (χ1) is 9.08. The maximum atomic E-state index is 12.0. The standard InChI is InChI=1S/C12H16Cl2N4O/c13-8-6-9(14)12(17-11(8)15)16-7-10(19)18-4-2-1-3-5-18/h6H,1-5,7H2,(H3,15,16,17). The van der Waals surface area contributed by atoms with Crippen LogP contribution in [0.15, 0.2) is 6.07 Å². The summed E-state index contributed by atoms with van der Waals surface area (Å²) in [5, 5.41) is 3.56. The highest BCUT2D eigenvalue weighted by molar-refractivity contribution is 6.37. The van der Waals surface area contributed by atoms with Crippen LogP contribution < -0.4 is 11.1 Å². The number of hydrogen-bond acceptors (Lipinski definition) is 4. The summed E-state index contributed by atoms with van der Waals surface area (Å²) in [4.78, 5) is 17.8. The Hall–Kier alpha value is -1.20. The highest BCUT2D eigenvalue weighted by Crippen LogP contribution is 2.27. The number of nitrogens with one attached hydrogen (secondary N) is 1. The second-order valence-electron chi connectivity index (χ2n) is 4.48. The van der Waals surface area contributed by atoms with Crippen molar-refractivity contribution in [2.24, 2.45) is 0 Å². The lowest BCUT2D eigenvalue weighted by Gasteiger charge is -2.26. The molecular weight excluding hydrogens is 287 g/mol. The summed E-state index contributed by atoms with van der Waals surface area (Å²) in [6.07, 6.45) is 3.33. The number of nitrogens with zero attached hydrogens (tertiary/aromatic N) is 2. The monoisotopic (exact) mass is 302 g/mol. The molecule has 0 atom stereocenters. The number of carbonyl (C=O) groups excluding carboxylic acids is 1. The second-order valence-corrected chi connectivity index (χ2v) is 5.30. The smallest absolute Gasteiger partial charge is 0.241 e. The van der Waals surface area contributed by atoms with E-state index in [2.05, 4.69) is 10.3 Å². The topological polar surface area (TPSA) is 71.2 Å². The molecule has 1 saturated heterocycles. The Morgan fingerprint density at radius 2 is 2.00 bits per heavy atom. The molecule has 0 bridgehead atoms. The molecule has 5 nitrogen and oxygen atoms in total. The number of halogens is 2. The Bertz CT molecular complexity index is 475. The normalized spacial score (nSPS) is 15.4. The van der Waals surface area contributed by atoms with Gasteiger partial charge in [0.15, 0.2) is 0 Å². The number of carbonyl (C=O) groups is 1. The second kappa shape index (κ2) is 6.30. The van der Waals surface area contributed by atoms with E-state index in [1.54, 1.807) is 0 Å². The summed E-state index contributed by atoms with van der Waals surface area (Å²) in [5.41, 5.74) is 5.60. The predicted octanol–water partition coefficient (Wildman–Crippen LogP) is 2.40. The highest BCUT2D eigenvalue weighted by atomic mass is 35.5. The van der Waals surface area contributed by atoms with Crippen molar-refractivity contribution in [1.29, 1.82) is 0 Å². The molecule has 0 aromatic carbocycles. The van der Waals surface area contributed by atoms with E-state index in [0.29, 0.717) is 15.9 Å². The van der Waals surface area contributed by atoms with Crippen molar-refractivity contribution >= 4 is 40.7 Å². The number of likely N-dealkylation sites (tertiary alicyclic amines) is 1. The zero-order chi connectivity index (χ0) is 13.8. The number of aromatic nitrogens is 1. The van der Waals surface area contributed by atoms with Crippen LogP contribution in [0.2, 0.25) is 10.0 Å². The van der Waals surface area contributed by atoms with E-state index in [0.717, 1.165) is 25.9 Å². The summed E-state index contributed by atoms with van der Waals surface area (Å²) in [6.45, 7) is 1.81. The van der Waals surface area contributed by atoms with Gasteiger partial charge in [-0.15, -0.1) is 0 Å². The van der Waals surface area contributed by atoms with Gasteiger partial charge >= 0.3 is 0 Å². The molecule has 0 spiro atoms. The molecule has 1 aliphatic heterocycles. The maximum Gasteiger partial charge on any atom is 0.241 e. The van der Waals surface area contributed by atoms with Crippen LogP contribution in [0.3, 0.4) is 0 Å². The maximum absolute atomic E-state index is 12.0. The number of nitrogens with two attached hydrogens (primary N) is 1. The van der Waals surface area contributed by atoms with Gasteiger partial charge in [0.1, 0.15) is 11.6 Å². The fourth-order valence-electron chi connectivity index (χ4n) is 2.02. The summed E-state index contributed by atoms with van der Waals surface area (Å²) >= 11 is 11.8. The average Bonchev–Trinajstić information content (AvgIpc) is 2.42. The van der Waals surface area contributed by atoms with E-state index in [4.69, 9.17) is 28.9 Å². The van der Waals surface area contributed by atoms with Crippen LogP contribution in [0.5, 0.6) is 0 Å². The predicted molar refractivity (Wildman–Crippen MR) is 77.6 cm³/mol. The van der Waals surface area contributed by atoms with Crippen molar-refractivity contribution in [2.75, 3.05) is 30.7 Å². The first-order valence-electron chi connectivity index (χ1n) is 6.21. The molecule has 0 saturated carbocycles. The van der Waals surface area contributed by atoms with Crippen molar-refractivity contribution in [3.63, 3.8) is 0 Å². The van der Waals surface area contributed by atoms with Crippen molar-refractivity contribution in [3.8, 4) is 0 Å². The van der Waals surface area contributed by atoms with Crippen LogP contribution in [-0.2, 0) is 4.79 Å². The first kappa shape index (κ1) is 14.2. The molecule has 1 fully saturated rings. The van der Waals surface area contributed by atoms with E-state index in [1.165, 1.54) is 12.5 Å². The van der Waals surface area contributed by atoms with Crippen LogP contribution in [0, 0.1) is 0 Å². The molecule has 0 radical (unpaired) electrons. The van der Waals surface area contributed by atoms with Gasteiger partial charge in [0.05, 0.1) is 16.6 Å². The lowest BCUT2D eigenvalue weighted by molar-refractivity contribution is -0.130. The number of hydrogen-bond donors (Lipinski definition) is 2. The van der Waals surface area contributed by atoms with Crippen molar-refractivity contribution in [3.05, 3.63) is 16.1 Å². The van der Waals surface area contributed by atoms with Crippen molar-refractivity contribution in [1.82, 2.24) is 9.88 Å². The zero-order valence-electron chi connectivity index (χ0n) is 10.5. The third-order valence-corrected chi connectivity index (χ3v) is 3.66. The molecule has 0 aliphatic carbocycles. The minimum Gasteiger partial charge on any atom is -0.382 e. The van der Waals surface area contributed by atoms with E-state index < -0.39 is 0 Å². The van der Waals surface area contributed by atoms with Crippen LogP contribution in [0.1, 0.15) is 19.3 Å². The van der Waals surface area contributed by atoms with E-state index in [-0.39, 0.29) is 18.3 Å². The van der Waals surface area contributed by atoms with Crippen molar-refractivity contribution < 1.29 is 4.79 Å². The zero-order valence-corrected chi connectivity index (χ0v) is 12.0. The Kier molecular flexibility index (Phi) is 4.71. The van der Waals surface area contributed by atoms with Gasteiger partial charge in [-0.25, -0.2) is 4.98 Å². The third kappa shape index (κ3) is 3.64. The molecule has 3 N–H and O–H groups in total. The molecule has 1 aromatic heterocycles. The minimum atomic E-state index is 0.0473. The number of rotatable bonds is 3. The quantitative estimate of drug-likeness (QED) is 0.899. The fraction of sp³-hybridized carbons (Fsp3) is 0.500. The molecule has 2 rings (SSSR count). The molecule has 2 heterocycles. The molecular formula is C12H16Cl2N4O. The summed E-state index contributed by atoms with van der Waals surface area (Å²) in [7, 11) is 0. The first-order valence-corrected chi connectivity index (χ1v) is 6.96. The Labute approximate surface area is 122 Å². The van der Waals surface area contributed by atoms with Gasteiger partial charge < -0.3 is 16.0 Å². The molecule has 104 valence electrons. The largest absolute Gasteiger partial charge is 0.382 e. The van der Waals surface area contributed by atoms with E-state index >= 15 is 0 Å². The number of nitrogen functional groups attached to an aromatic ring is 1. The fourth-order valence-corrected chi connectivity index (χ4v) is 2.44. The molecule has 19 heavy (non-hydrogen) atoms. The Morgan fingerprint density at radius 3 is 2.68 bits per heavy atom. The average molecular weight is 303 g/mol. The van der Waals surface area contributed by atoms with Gasteiger partial charge in [-0.3, -0.25) is 4.79 Å². The summed E-state index contributed by atoms with van der Waals surface area (Å²) in [6, 6.07) is 1.51. The van der Waals surface area contributed by atoms with Crippen LogP contribution in [0.4, 0.5) is 11.6 Å². The van der Waals surface area contributed by atoms with Crippen LogP contribution in [0.25, 0.3) is 0 Å². The lowest BCUT2D eigenvalue weighted by Crippen LogP contribution is -2.39. The molecule has 1 aromatic rings. The minimum absolute atomic E-state index is 0.0473. The summed E-state index contributed by atoms with van der Waals surface area (Å²) < 4.78 is 0. The van der Waals surface area contributed by atoms with Gasteiger partial charge in [-0.1, -0.05) is 23.2 Å². The lowest BCUT2D eigenvalue weighted by atomic mass is 10.1. The van der Waals surface area contributed by atoms with E-state index in [9.17, 15) is 4.79 Å². The number of amides is 1. The van der Waals surface area contributed by atoms with Crippen molar-refractivity contribution in [2.45, 2.75) is 19.3 Å². The van der Waals surface area contributed by atoms with Crippen LogP contribution >= 0.6 is 23.2 Å². The van der Waals surface area contributed by atoms with Gasteiger partial charge in [-0.05, 0) is 25.3 Å². The Balaban J connectivity index is 1.94. The van der Waals surface area contributed by atoms with Gasteiger partial charge in [0.2, 0.25) is 5.91 Å². The Morgan fingerprint density at radius 1 is 1.32 bits per heavy atom. The van der Waals surface area contributed by atoms with Gasteiger partial charge in [-0.2, -0.15) is 0 Å². The van der Waals surface area contributed by atoms with Gasteiger partial charge in [0.25, 0.3) is 0 Å². The number of pyridine rings is 1. The SMILES string of the molecule is Nc1nc(NCC(=O)N2CCCCC2)c(Cl)cc1Cl. The van der Waals surface area contributed by atoms with Crippen LogP contribution in [-0.4, -0.2) is 35.4 Å². The van der Waals surface area contributed by atoms with Gasteiger partial charge in [0, 0.05) is 13.1 Å². The summed E-state index contributed by atoms with van der Waals surface area (Å²) in [5.74, 6) is 0.624. The third-order valence-electron chi connectivity index (χ3n) is 3.07. The molecule has 1 aliphatic rings. The number of piperidine rings is 1. The number of anilines is 2. The highest BCUT2D eigenvalue weighted by Gasteiger charge is 2.16. The molecule has 1 amide bonds. The molecule has 0 unspecified atom stereocenters. The molecule has 7 heteroatoms.